The molecule has 144 valence electrons. The molecule has 25 heavy (non-hydrogen) atoms. The molecule has 0 spiro atoms. The Hall–Kier alpha value is -0.703. The van der Waals surface area contributed by atoms with E-state index in [1.807, 2.05) is 0 Å². The smallest absolute Gasteiger partial charge is 0.320 e. The number of ether oxygens (including phenoxy) is 2. The van der Waals surface area contributed by atoms with Gasteiger partial charge < -0.3 is 19.0 Å². The second-order valence-corrected chi connectivity index (χ2v) is 13.6. The molecule has 1 N–H and O–H groups in total. The minimum Gasteiger partial charge on any atom is -0.468 e. The van der Waals surface area contributed by atoms with E-state index in [1.54, 1.807) is 12.2 Å². The van der Waals surface area contributed by atoms with Gasteiger partial charge in [-0.1, -0.05) is 48.9 Å². The summed E-state index contributed by atoms with van der Waals surface area (Å²) in [5, 5.41) is 10.1. The number of carbonyl (C=O) groups is 2. The van der Waals surface area contributed by atoms with Crippen LogP contribution in [0, 0.1) is 11.8 Å². The van der Waals surface area contributed by atoms with Gasteiger partial charge in [-0.2, -0.15) is 0 Å². The molecule has 0 aromatic heterocycles. The lowest BCUT2D eigenvalue weighted by molar-refractivity contribution is -0.162. The summed E-state index contributed by atoms with van der Waals surface area (Å²) in [7, 11) is 0.242. The van der Waals surface area contributed by atoms with E-state index < -0.39 is 49.1 Å². The molecule has 0 amide bonds. The number of alkyl halides is 1. The van der Waals surface area contributed by atoms with E-state index in [4.69, 9.17) is 13.9 Å². The first-order valence-electron chi connectivity index (χ1n) is 8.21. The van der Waals surface area contributed by atoms with Crippen molar-refractivity contribution in [2.75, 3.05) is 14.2 Å². The van der Waals surface area contributed by atoms with Gasteiger partial charge in [0.05, 0.1) is 31.3 Å². The van der Waals surface area contributed by atoms with Gasteiger partial charge in [0.15, 0.2) is 14.2 Å². The Morgan fingerprint density at radius 1 is 1.12 bits per heavy atom. The number of hydrogen-bond acceptors (Lipinski definition) is 6. The predicted molar refractivity (Wildman–Crippen MR) is 101 cm³/mol. The van der Waals surface area contributed by atoms with E-state index in [1.165, 1.54) is 14.2 Å². The van der Waals surface area contributed by atoms with Crippen molar-refractivity contribution in [3.05, 3.63) is 12.2 Å². The third-order valence-electron chi connectivity index (χ3n) is 5.08. The largest absolute Gasteiger partial charge is 0.468 e. The van der Waals surface area contributed by atoms with Crippen molar-refractivity contribution in [3.8, 4) is 0 Å². The van der Waals surface area contributed by atoms with Crippen molar-refractivity contribution in [3.63, 3.8) is 0 Å². The molecule has 0 aromatic rings. The van der Waals surface area contributed by atoms with Gasteiger partial charge in [-0.15, -0.1) is 0 Å². The average molecular weight is 437 g/mol. The minimum absolute atomic E-state index is 0.0671. The van der Waals surface area contributed by atoms with Gasteiger partial charge in [-0.25, -0.2) is 0 Å². The number of methoxy groups -OCH3 is 2. The van der Waals surface area contributed by atoms with Crippen LogP contribution in [0.15, 0.2) is 12.2 Å². The van der Waals surface area contributed by atoms with E-state index in [0.29, 0.717) is 0 Å². The van der Waals surface area contributed by atoms with E-state index in [0.717, 1.165) is 0 Å². The fourth-order valence-electron chi connectivity index (χ4n) is 2.49. The zero-order chi connectivity index (χ0) is 19.6. The van der Waals surface area contributed by atoms with Gasteiger partial charge in [0.2, 0.25) is 0 Å². The molecule has 0 fully saturated rings. The number of esters is 2. The Kier molecular flexibility index (Phi) is 7.44. The molecule has 8 heteroatoms. The summed E-state index contributed by atoms with van der Waals surface area (Å²) in [4.78, 5) is 24.0. The lowest BCUT2D eigenvalue weighted by atomic mass is 9.81. The predicted octanol–water partition coefficient (Wildman–Crippen LogP) is 2.65. The second-order valence-electron chi connectivity index (χ2n) is 7.76. The van der Waals surface area contributed by atoms with E-state index in [2.05, 4.69) is 49.8 Å². The van der Waals surface area contributed by atoms with Crippen LogP contribution in [0.25, 0.3) is 0 Å². The number of rotatable bonds is 5. The molecule has 0 heterocycles. The van der Waals surface area contributed by atoms with Crippen molar-refractivity contribution in [2.24, 2.45) is 11.8 Å². The topological polar surface area (TPSA) is 82.1 Å². The summed E-state index contributed by atoms with van der Waals surface area (Å²) in [6, 6.07) is 0. The molecule has 1 rings (SSSR count). The summed E-state index contributed by atoms with van der Waals surface area (Å²) in [5.41, 5.74) is 0. The Balaban J connectivity index is 3.30. The molecule has 6 nitrogen and oxygen atoms in total. The van der Waals surface area contributed by atoms with Crippen LogP contribution < -0.4 is 0 Å². The Morgan fingerprint density at radius 3 is 2.00 bits per heavy atom. The fourth-order valence-corrected chi connectivity index (χ4v) is 4.66. The maximum absolute atomic E-state index is 12.2. The highest BCUT2D eigenvalue weighted by molar-refractivity contribution is 9.09. The first-order chi connectivity index (χ1) is 11.4. The third-order valence-corrected chi connectivity index (χ3v) is 10.6. The van der Waals surface area contributed by atoms with Gasteiger partial charge in [0.25, 0.3) is 0 Å². The van der Waals surface area contributed by atoms with Crippen LogP contribution in [0.3, 0.4) is 0 Å². The van der Waals surface area contributed by atoms with Crippen molar-refractivity contribution in [2.45, 2.75) is 55.9 Å². The fraction of sp³-hybridized carbons (Fsp3) is 0.765. The first kappa shape index (κ1) is 22.3. The quantitative estimate of drug-likeness (QED) is 0.234. The maximum Gasteiger partial charge on any atom is 0.320 e. The summed E-state index contributed by atoms with van der Waals surface area (Å²) in [6.07, 6.45) is 1.87. The van der Waals surface area contributed by atoms with Gasteiger partial charge >= 0.3 is 11.9 Å². The Labute approximate surface area is 159 Å². The van der Waals surface area contributed by atoms with Gasteiger partial charge in [-0.3, -0.25) is 9.59 Å². The number of halogens is 1. The molecule has 0 unspecified atom stereocenters. The van der Waals surface area contributed by atoms with E-state index in [9.17, 15) is 14.7 Å². The zero-order valence-corrected chi connectivity index (χ0v) is 18.5. The number of aliphatic hydroxyl groups excluding tert-OH is 1. The van der Waals surface area contributed by atoms with Crippen molar-refractivity contribution < 1.29 is 28.6 Å². The second kappa shape index (κ2) is 8.33. The molecule has 0 aromatic carbocycles. The highest BCUT2D eigenvalue weighted by atomic mass is 79.9. The third kappa shape index (κ3) is 4.93. The van der Waals surface area contributed by atoms with Crippen LogP contribution in [0.1, 0.15) is 20.8 Å². The van der Waals surface area contributed by atoms with Crippen LogP contribution in [0.4, 0.5) is 0 Å². The van der Waals surface area contributed by atoms with Gasteiger partial charge in [-0.05, 0) is 18.1 Å². The lowest BCUT2D eigenvalue weighted by Crippen LogP contribution is -2.54. The van der Waals surface area contributed by atoms with Crippen molar-refractivity contribution >= 4 is 36.2 Å². The molecular weight excluding hydrogens is 408 g/mol. The van der Waals surface area contributed by atoms with Crippen LogP contribution in [0.5, 0.6) is 0 Å². The summed E-state index contributed by atoms with van der Waals surface area (Å²) < 4.78 is 16.1. The van der Waals surface area contributed by atoms with Gasteiger partial charge in [0.1, 0.15) is 0 Å². The first-order valence-corrected chi connectivity index (χ1v) is 12.0. The molecule has 0 aliphatic heterocycles. The molecule has 0 bridgehead atoms. The highest BCUT2D eigenvalue weighted by Crippen LogP contribution is 2.42. The monoisotopic (exact) mass is 436 g/mol. The van der Waals surface area contributed by atoms with Crippen LogP contribution in [-0.4, -0.2) is 56.6 Å². The van der Waals surface area contributed by atoms with Gasteiger partial charge in [0, 0.05) is 5.92 Å². The number of carbonyl (C=O) groups excluding carboxylic acids is 2. The van der Waals surface area contributed by atoms with E-state index in [-0.39, 0.29) is 5.04 Å². The van der Waals surface area contributed by atoms with E-state index >= 15 is 0 Å². The molecule has 1 aliphatic carbocycles. The number of hydrogen-bond donors (Lipinski definition) is 1. The molecule has 4 atom stereocenters. The molecular formula is C17H29BrO6Si. The van der Waals surface area contributed by atoms with Crippen molar-refractivity contribution in [1.82, 2.24) is 0 Å². The summed E-state index contributed by atoms with van der Waals surface area (Å²) in [5.74, 6) is -3.10. The van der Waals surface area contributed by atoms with Crippen LogP contribution in [-0.2, 0) is 23.5 Å². The summed E-state index contributed by atoms with van der Waals surface area (Å²) in [6.45, 7) is 10.5. The molecule has 0 saturated carbocycles. The van der Waals surface area contributed by atoms with Crippen LogP contribution >= 0.6 is 15.9 Å². The molecule has 0 saturated heterocycles. The maximum atomic E-state index is 12.2. The molecule has 1 aliphatic rings. The molecule has 0 radical (unpaired) electrons. The average Bonchev–Trinajstić information content (AvgIpc) is 2.52. The minimum atomic E-state index is -2.22. The standard InChI is InChI=1S/C17H29BrO6Si/c1-17(2,3)25(6,7)24-14-10(8-9-11(19)13(14)18)12(15(20)22-4)16(21)23-5/h8-14,19H,1-7H3/t10-,11+,13-,14+/m0/s1. The van der Waals surface area contributed by atoms with Crippen LogP contribution in [0.2, 0.25) is 18.1 Å². The normalized spacial score (nSPS) is 27.3. The Bertz CT molecular complexity index is 512. The number of aliphatic hydroxyl groups is 1. The highest BCUT2D eigenvalue weighted by Gasteiger charge is 2.49. The lowest BCUT2D eigenvalue weighted by Gasteiger charge is -2.45. The Morgan fingerprint density at radius 2 is 1.60 bits per heavy atom. The SMILES string of the molecule is COC(=O)C(C(=O)OC)[C@@H]1C=C[C@@H](O)[C@H](Br)[C@@H]1O[Si](C)(C)C(C)(C)C. The summed E-state index contributed by atoms with van der Waals surface area (Å²) >= 11 is 3.48. The van der Waals surface area contributed by atoms with Crippen molar-refractivity contribution in [1.29, 1.82) is 0 Å². The zero-order valence-electron chi connectivity index (χ0n) is 15.9.